The smallest absolute Gasteiger partial charge is 0.334 e. The van der Waals surface area contributed by atoms with E-state index in [1.807, 2.05) is 18.2 Å². The molecule has 1 saturated carbocycles. The Kier molecular flexibility index (Phi) is 4.42. The van der Waals surface area contributed by atoms with Gasteiger partial charge in [-0.05, 0) is 17.5 Å². The fourth-order valence-electron chi connectivity index (χ4n) is 2.88. The minimum absolute atomic E-state index is 0.0413. The van der Waals surface area contributed by atoms with Crippen LogP contribution in [0.4, 0.5) is 5.69 Å². The van der Waals surface area contributed by atoms with Crippen LogP contribution < -0.4 is 0 Å². The molecule has 24 heavy (non-hydrogen) atoms. The Labute approximate surface area is 139 Å². The summed E-state index contributed by atoms with van der Waals surface area (Å²) in [6, 6.07) is 16.3. The average molecular weight is 323 g/mol. The first-order valence-electron chi connectivity index (χ1n) is 7.68. The highest BCUT2D eigenvalue weighted by Crippen LogP contribution is 2.49. The normalized spacial score (nSPS) is 18.0. The lowest BCUT2D eigenvalue weighted by molar-refractivity contribution is -0.384. The first-order valence-corrected chi connectivity index (χ1v) is 7.68. The lowest BCUT2D eigenvalue weighted by Gasteiger charge is -2.06. The lowest BCUT2D eigenvalue weighted by atomic mass is 10.0. The van der Waals surface area contributed by atoms with E-state index in [9.17, 15) is 14.9 Å². The maximum atomic E-state index is 12.2. The van der Waals surface area contributed by atoms with Crippen molar-refractivity contribution in [2.24, 2.45) is 0 Å². The van der Waals surface area contributed by atoms with E-state index in [1.54, 1.807) is 12.1 Å². The number of carbonyl (C=O) groups is 1. The summed E-state index contributed by atoms with van der Waals surface area (Å²) in [5.41, 5.74) is 3.83. The van der Waals surface area contributed by atoms with Crippen LogP contribution in [-0.2, 0) is 16.0 Å². The first kappa shape index (κ1) is 15.9. The van der Waals surface area contributed by atoms with Crippen molar-refractivity contribution >= 4 is 11.7 Å². The van der Waals surface area contributed by atoms with Gasteiger partial charge in [-0.1, -0.05) is 48.0 Å². The van der Waals surface area contributed by atoms with Crippen molar-refractivity contribution in [2.75, 3.05) is 7.11 Å². The van der Waals surface area contributed by atoms with E-state index < -0.39 is 4.92 Å². The molecule has 122 valence electrons. The van der Waals surface area contributed by atoms with E-state index in [1.165, 1.54) is 24.8 Å². The van der Waals surface area contributed by atoms with E-state index in [4.69, 9.17) is 4.74 Å². The Morgan fingerprint density at radius 1 is 1.17 bits per heavy atom. The van der Waals surface area contributed by atoms with E-state index in [0.29, 0.717) is 12.0 Å². The second-order valence-electron chi connectivity index (χ2n) is 5.76. The van der Waals surface area contributed by atoms with Gasteiger partial charge in [0.25, 0.3) is 5.69 Å². The third-order valence-corrected chi connectivity index (χ3v) is 4.23. The molecule has 2 aromatic carbocycles. The molecular weight excluding hydrogens is 306 g/mol. The van der Waals surface area contributed by atoms with Crippen LogP contribution >= 0.6 is 0 Å². The highest BCUT2D eigenvalue weighted by molar-refractivity contribution is 5.91. The van der Waals surface area contributed by atoms with Crippen molar-refractivity contribution in [2.45, 2.75) is 18.8 Å². The van der Waals surface area contributed by atoms with Crippen molar-refractivity contribution in [1.29, 1.82) is 0 Å². The number of rotatable bonds is 5. The molecule has 1 fully saturated rings. The SMILES string of the molecule is COC(=O)/C(Cc1ccc([N+](=O)[O-])cc1)=C1\CC1c1ccccc1. The second-order valence-corrected chi connectivity index (χ2v) is 5.76. The number of carbonyl (C=O) groups excluding carboxylic acids is 1. The predicted molar refractivity (Wildman–Crippen MR) is 89.6 cm³/mol. The number of non-ortho nitro benzene ring substituents is 1. The van der Waals surface area contributed by atoms with Gasteiger partial charge in [0.15, 0.2) is 0 Å². The van der Waals surface area contributed by atoms with Crippen molar-refractivity contribution in [3.05, 3.63) is 87.0 Å². The second kappa shape index (κ2) is 6.66. The molecule has 0 aliphatic heterocycles. The molecule has 1 aliphatic rings. The standard InChI is InChI=1S/C19H17NO4/c1-24-19(21)18(11-13-7-9-15(10-8-13)20(22)23)17-12-16(17)14-5-3-2-4-6-14/h2-10,16H,11-12H2,1H3/b18-17+. The summed E-state index contributed by atoms with van der Waals surface area (Å²) in [5.74, 6) is -0.0693. The third kappa shape index (κ3) is 3.35. The number of nitro groups is 1. The number of nitro benzene ring substituents is 1. The Morgan fingerprint density at radius 2 is 1.83 bits per heavy atom. The molecular formula is C19H17NO4. The van der Waals surface area contributed by atoms with E-state index in [-0.39, 0.29) is 17.6 Å². The molecule has 0 amide bonds. The van der Waals surface area contributed by atoms with Crippen LogP contribution in [0.1, 0.15) is 23.5 Å². The fraction of sp³-hybridized carbons (Fsp3) is 0.211. The van der Waals surface area contributed by atoms with Crippen LogP contribution in [0.2, 0.25) is 0 Å². The minimum Gasteiger partial charge on any atom is -0.466 e. The van der Waals surface area contributed by atoms with Crippen LogP contribution in [0.3, 0.4) is 0 Å². The van der Waals surface area contributed by atoms with Crippen LogP contribution in [-0.4, -0.2) is 18.0 Å². The zero-order valence-electron chi connectivity index (χ0n) is 13.3. The number of allylic oxidation sites excluding steroid dienone is 1. The van der Waals surface area contributed by atoms with Crippen molar-refractivity contribution < 1.29 is 14.5 Å². The highest BCUT2D eigenvalue weighted by atomic mass is 16.6. The number of methoxy groups -OCH3 is 1. The molecule has 1 atom stereocenters. The van der Waals surface area contributed by atoms with Crippen LogP contribution in [0.25, 0.3) is 0 Å². The third-order valence-electron chi connectivity index (χ3n) is 4.23. The summed E-state index contributed by atoms with van der Waals surface area (Å²) < 4.78 is 4.93. The average Bonchev–Trinajstić information content (AvgIpc) is 3.40. The summed E-state index contributed by atoms with van der Waals surface area (Å²) >= 11 is 0. The predicted octanol–water partition coefficient (Wildman–Crippen LogP) is 3.79. The molecule has 5 nitrogen and oxygen atoms in total. The molecule has 0 N–H and O–H groups in total. The monoisotopic (exact) mass is 323 g/mol. The number of hydrogen-bond donors (Lipinski definition) is 0. The Bertz CT molecular complexity index is 794. The molecule has 1 unspecified atom stereocenters. The number of hydrogen-bond acceptors (Lipinski definition) is 4. The molecule has 0 heterocycles. The quantitative estimate of drug-likeness (QED) is 0.363. The summed E-state index contributed by atoms with van der Waals surface area (Å²) in [5, 5.41) is 10.7. The van der Waals surface area contributed by atoms with Gasteiger partial charge < -0.3 is 4.74 Å². The molecule has 1 aliphatic carbocycles. The van der Waals surface area contributed by atoms with Crippen molar-refractivity contribution in [1.82, 2.24) is 0 Å². The van der Waals surface area contributed by atoms with Gasteiger partial charge >= 0.3 is 5.97 Å². The molecule has 5 heteroatoms. The minimum atomic E-state index is -0.435. The molecule has 0 radical (unpaired) electrons. The Hall–Kier alpha value is -2.95. The maximum Gasteiger partial charge on any atom is 0.334 e. The van der Waals surface area contributed by atoms with Crippen molar-refractivity contribution in [3.8, 4) is 0 Å². The summed E-state index contributed by atoms with van der Waals surface area (Å²) in [7, 11) is 1.37. The lowest BCUT2D eigenvalue weighted by Crippen LogP contribution is -2.08. The molecule has 2 aromatic rings. The summed E-state index contributed by atoms with van der Waals surface area (Å²) in [6.45, 7) is 0. The Morgan fingerprint density at radius 3 is 2.42 bits per heavy atom. The van der Waals surface area contributed by atoms with Crippen LogP contribution in [0.15, 0.2) is 65.7 Å². The van der Waals surface area contributed by atoms with Gasteiger partial charge in [-0.2, -0.15) is 0 Å². The van der Waals surface area contributed by atoms with E-state index in [0.717, 1.165) is 17.6 Å². The maximum absolute atomic E-state index is 12.2. The van der Waals surface area contributed by atoms with Gasteiger partial charge in [-0.25, -0.2) is 4.79 Å². The summed E-state index contributed by atoms with van der Waals surface area (Å²) in [4.78, 5) is 22.5. The zero-order chi connectivity index (χ0) is 17.1. The van der Waals surface area contributed by atoms with Gasteiger partial charge in [0.1, 0.15) is 0 Å². The van der Waals surface area contributed by atoms with Crippen LogP contribution in [0, 0.1) is 10.1 Å². The largest absolute Gasteiger partial charge is 0.466 e. The zero-order valence-corrected chi connectivity index (χ0v) is 13.3. The topological polar surface area (TPSA) is 69.4 Å². The first-order chi connectivity index (χ1) is 11.6. The number of nitrogens with zero attached hydrogens (tertiary/aromatic N) is 1. The van der Waals surface area contributed by atoms with E-state index >= 15 is 0 Å². The van der Waals surface area contributed by atoms with Gasteiger partial charge in [-0.15, -0.1) is 0 Å². The van der Waals surface area contributed by atoms with E-state index in [2.05, 4.69) is 12.1 Å². The van der Waals surface area contributed by atoms with Gasteiger partial charge in [0.2, 0.25) is 0 Å². The number of ether oxygens (including phenoxy) is 1. The molecule has 0 spiro atoms. The molecule has 0 bridgehead atoms. The fourth-order valence-corrected chi connectivity index (χ4v) is 2.88. The Balaban J connectivity index is 1.85. The number of benzene rings is 2. The van der Waals surface area contributed by atoms with Gasteiger partial charge in [0, 0.05) is 30.0 Å². The van der Waals surface area contributed by atoms with Gasteiger partial charge in [-0.3, -0.25) is 10.1 Å². The van der Waals surface area contributed by atoms with Crippen LogP contribution in [0.5, 0.6) is 0 Å². The highest BCUT2D eigenvalue weighted by Gasteiger charge is 2.36. The summed E-state index contributed by atoms with van der Waals surface area (Å²) in [6.07, 6.45) is 1.27. The molecule has 0 saturated heterocycles. The molecule has 3 rings (SSSR count). The molecule has 0 aromatic heterocycles. The van der Waals surface area contributed by atoms with Crippen molar-refractivity contribution in [3.63, 3.8) is 0 Å². The number of esters is 1. The van der Waals surface area contributed by atoms with Gasteiger partial charge in [0.05, 0.1) is 12.0 Å².